The summed E-state index contributed by atoms with van der Waals surface area (Å²) in [5.74, 6) is 1.17. The van der Waals surface area contributed by atoms with E-state index in [-0.39, 0.29) is 6.61 Å². The van der Waals surface area contributed by atoms with Crippen molar-refractivity contribution in [2.45, 2.75) is 19.6 Å². The highest BCUT2D eigenvalue weighted by Crippen LogP contribution is 2.00. The van der Waals surface area contributed by atoms with Gasteiger partial charge in [0.2, 0.25) is 0 Å². The van der Waals surface area contributed by atoms with Crippen molar-refractivity contribution >= 4 is 11.8 Å². The minimum Gasteiger partial charge on any atom is -0.390 e. The first-order valence-corrected chi connectivity index (χ1v) is 5.36. The van der Waals surface area contributed by atoms with Crippen LogP contribution in [0.4, 0.5) is 0 Å². The van der Waals surface area contributed by atoms with Gasteiger partial charge < -0.3 is 9.67 Å². The molecular weight excluding hydrogens is 172 g/mol. The van der Waals surface area contributed by atoms with Crippen LogP contribution in [-0.2, 0) is 13.2 Å². The number of hydrogen-bond acceptors (Lipinski definition) is 3. The quantitative estimate of drug-likeness (QED) is 0.700. The molecule has 0 aliphatic rings. The lowest BCUT2D eigenvalue weighted by Gasteiger charge is -1.98. The molecule has 0 atom stereocenters. The summed E-state index contributed by atoms with van der Waals surface area (Å²) >= 11 is 1.85. The van der Waals surface area contributed by atoms with Crippen molar-refractivity contribution in [1.29, 1.82) is 0 Å². The molecule has 0 saturated heterocycles. The molecular formula is C8H14N2OS. The molecule has 0 aromatic carbocycles. The lowest BCUT2D eigenvalue weighted by molar-refractivity contribution is 0.277. The van der Waals surface area contributed by atoms with Crippen LogP contribution in [0.1, 0.15) is 12.1 Å². The molecule has 4 heteroatoms. The summed E-state index contributed by atoms with van der Waals surface area (Å²) in [6.07, 6.45) is 6.92. The predicted octanol–water partition coefficient (Wildman–Crippen LogP) is 1.13. The second-order valence-corrected chi connectivity index (χ2v) is 3.59. The summed E-state index contributed by atoms with van der Waals surface area (Å²) in [6, 6.07) is 0. The Morgan fingerprint density at radius 2 is 2.50 bits per heavy atom. The molecule has 1 N–H and O–H groups in total. The van der Waals surface area contributed by atoms with Gasteiger partial charge in [-0.05, 0) is 18.4 Å². The van der Waals surface area contributed by atoms with Crippen molar-refractivity contribution in [2.75, 3.05) is 12.0 Å². The highest BCUT2D eigenvalue weighted by Gasteiger charge is 1.95. The van der Waals surface area contributed by atoms with E-state index in [1.165, 1.54) is 5.75 Å². The van der Waals surface area contributed by atoms with E-state index in [1.807, 2.05) is 22.5 Å². The molecule has 0 spiro atoms. The van der Waals surface area contributed by atoms with Gasteiger partial charge in [0, 0.05) is 12.7 Å². The number of thioether (sulfide) groups is 1. The fourth-order valence-corrected chi connectivity index (χ4v) is 1.42. The second-order valence-electron chi connectivity index (χ2n) is 2.61. The summed E-state index contributed by atoms with van der Waals surface area (Å²) in [7, 11) is 0. The first kappa shape index (κ1) is 9.61. The maximum Gasteiger partial charge on any atom is 0.0950 e. The van der Waals surface area contributed by atoms with Crippen LogP contribution in [0, 0.1) is 0 Å². The van der Waals surface area contributed by atoms with Crippen LogP contribution in [0.5, 0.6) is 0 Å². The average Bonchev–Trinajstić information content (AvgIpc) is 2.53. The lowest BCUT2D eigenvalue weighted by Crippen LogP contribution is -1.95. The van der Waals surface area contributed by atoms with E-state index < -0.39 is 0 Å². The molecule has 0 aliphatic heterocycles. The standard InChI is InChI=1S/C8H14N2OS/c1-12-4-2-3-10-5-8(6-11)9-7-10/h5,7,11H,2-4,6H2,1H3. The maximum atomic E-state index is 8.74. The number of imidazole rings is 1. The Hall–Kier alpha value is -0.480. The van der Waals surface area contributed by atoms with Crippen molar-refractivity contribution in [3.63, 3.8) is 0 Å². The number of rotatable bonds is 5. The maximum absolute atomic E-state index is 8.74. The summed E-state index contributed by atoms with van der Waals surface area (Å²) in [6.45, 7) is 1.03. The Morgan fingerprint density at radius 3 is 3.08 bits per heavy atom. The van der Waals surface area contributed by atoms with Crippen LogP contribution in [0.2, 0.25) is 0 Å². The Kier molecular flexibility index (Phi) is 4.18. The van der Waals surface area contributed by atoms with Crippen LogP contribution >= 0.6 is 11.8 Å². The fourth-order valence-electron chi connectivity index (χ4n) is 1.00. The molecule has 0 amide bonds. The summed E-state index contributed by atoms with van der Waals surface area (Å²) < 4.78 is 2.02. The molecule has 3 nitrogen and oxygen atoms in total. The summed E-state index contributed by atoms with van der Waals surface area (Å²) in [5.41, 5.74) is 0.749. The molecule has 0 aliphatic carbocycles. The number of aliphatic hydroxyl groups is 1. The number of aliphatic hydroxyl groups excluding tert-OH is 1. The van der Waals surface area contributed by atoms with Gasteiger partial charge in [-0.15, -0.1) is 0 Å². The van der Waals surface area contributed by atoms with Gasteiger partial charge in [-0.25, -0.2) is 4.98 Å². The molecule has 1 rings (SSSR count). The topological polar surface area (TPSA) is 38.0 Å². The number of nitrogens with zero attached hydrogens (tertiary/aromatic N) is 2. The van der Waals surface area contributed by atoms with Gasteiger partial charge in [0.05, 0.1) is 18.6 Å². The van der Waals surface area contributed by atoms with Gasteiger partial charge in [-0.2, -0.15) is 11.8 Å². The third kappa shape index (κ3) is 2.87. The molecule has 12 heavy (non-hydrogen) atoms. The average molecular weight is 186 g/mol. The number of hydrogen-bond donors (Lipinski definition) is 1. The van der Waals surface area contributed by atoms with E-state index >= 15 is 0 Å². The minimum absolute atomic E-state index is 0.0372. The Labute approximate surface area is 76.8 Å². The predicted molar refractivity (Wildman–Crippen MR) is 51.1 cm³/mol. The minimum atomic E-state index is 0.0372. The van der Waals surface area contributed by atoms with Gasteiger partial charge in [-0.3, -0.25) is 0 Å². The first-order valence-electron chi connectivity index (χ1n) is 3.97. The molecule has 0 saturated carbocycles. The zero-order valence-corrected chi connectivity index (χ0v) is 8.05. The first-order chi connectivity index (χ1) is 5.86. The molecule has 0 unspecified atom stereocenters. The largest absolute Gasteiger partial charge is 0.390 e. The lowest BCUT2D eigenvalue weighted by atomic mass is 10.4. The van der Waals surface area contributed by atoms with E-state index in [9.17, 15) is 0 Å². The van der Waals surface area contributed by atoms with Crippen LogP contribution < -0.4 is 0 Å². The third-order valence-electron chi connectivity index (χ3n) is 1.61. The fraction of sp³-hybridized carbons (Fsp3) is 0.625. The molecule has 0 bridgehead atoms. The van der Waals surface area contributed by atoms with E-state index in [1.54, 1.807) is 6.33 Å². The van der Waals surface area contributed by atoms with E-state index in [2.05, 4.69) is 11.2 Å². The Bertz CT molecular complexity index is 225. The van der Waals surface area contributed by atoms with E-state index in [4.69, 9.17) is 5.11 Å². The van der Waals surface area contributed by atoms with Crippen molar-refractivity contribution in [3.8, 4) is 0 Å². The summed E-state index contributed by atoms with van der Waals surface area (Å²) in [4.78, 5) is 4.02. The molecule has 1 aromatic rings. The second kappa shape index (κ2) is 5.22. The number of aryl methyl sites for hydroxylation is 1. The van der Waals surface area contributed by atoms with Gasteiger partial charge in [-0.1, -0.05) is 0 Å². The van der Waals surface area contributed by atoms with Gasteiger partial charge >= 0.3 is 0 Å². The smallest absolute Gasteiger partial charge is 0.0950 e. The van der Waals surface area contributed by atoms with E-state index in [0.717, 1.165) is 18.7 Å². The third-order valence-corrected chi connectivity index (χ3v) is 2.31. The van der Waals surface area contributed by atoms with Crippen LogP contribution in [0.15, 0.2) is 12.5 Å². The monoisotopic (exact) mass is 186 g/mol. The molecule has 68 valence electrons. The van der Waals surface area contributed by atoms with Crippen molar-refractivity contribution in [2.24, 2.45) is 0 Å². The van der Waals surface area contributed by atoms with Gasteiger partial charge in [0.15, 0.2) is 0 Å². The Balaban J connectivity index is 2.31. The van der Waals surface area contributed by atoms with Crippen LogP contribution in [-0.4, -0.2) is 26.7 Å². The van der Waals surface area contributed by atoms with Crippen LogP contribution in [0.3, 0.4) is 0 Å². The molecule has 0 fully saturated rings. The van der Waals surface area contributed by atoms with Crippen molar-refractivity contribution < 1.29 is 5.11 Å². The highest BCUT2D eigenvalue weighted by atomic mass is 32.2. The number of aromatic nitrogens is 2. The molecule has 1 heterocycles. The van der Waals surface area contributed by atoms with Crippen molar-refractivity contribution in [3.05, 3.63) is 18.2 Å². The Morgan fingerprint density at radius 1 is 1.67 bits per heavy atom. The SMILES string of the molecule is CSCCCn1cnc(CO)c1. The zero-order valence-electron chi connectivity index (χ0n) is 7.23. The van der Waals surface area contributed by atoms with Gasteiger partial charge in [0.25, 0.3) is 0 Å². The summed E-state index contributed by atoms with van der Waals surface area (Å²) in [5, 5.41) is 8.74. The zero-order chi connectivity index (χ0) is 8.81. The molecule has 0 radical (unpaired) electrons. The highest BCUT2D eigenvalue weighted by molar-refractivity contribution is 7.98. The van der Waals surface area contributed by atoms with Gasteiger partial charge in [0.1, 0.15) is 0 Å². The normalized spacial score (nSPS) is 10.5. The van der Waals surface area contributed by atoms with Crippen molar-refractivity contribution in [1.82, 2.24) is 9.55 Å². The molecule has 1 aromatic heterocycles. The van der Waals surface area contributed by atoms with E-state index in [0.29, 0.717) is 0 Å². The van der Waals surface area contributed by atoms with Crippen LogP contribution in [0.25, 0.3) is 0 Å².